The molecule has 7 heteroatoms. The van der Waals surface area contributed by atoms with E-state index in [1.165, 1.54) is 16.4 Å². The molecule has 0 unspecified atom stereocenters. The molecule has 0 spiro atoms. The molecule has 0 saturated heterocycles. The average molecular weight is 315 g/mol. The molecule has 0 amide bonds. The lowest BCUT2D eigenvalue weighted by Crippen LogP contribution is -2.29. The minimum atomic E-state index is -3.64. The molecule has 112 valence electrons. The van der Waals surface area contributed by atoms with E-state index >= 15 is 0 Å². The van der Waals surface area contributed by atoms with Crippen LogP contribution in [0.4, 0.5) is 5.69 Å². The topological polar surface area (TPSA) is 86.0 Å². The second kappa shape index (κ2) is 4.48. The third-order valence-electron chi connectivity index (χ3n) is 3.92. The minimum Gasteiger partial charge on any atom is -0.306 e. The van der Waals surface area contributed by atoms with E-state index in [4.69, 9.17) is 0 Å². The number of H-pyrrole nitrogens is 2. The standard InChI is InChI=1S/C15H13N3O3S/c19-15-16-12-6-5-11(9-13(12)17-15)22(20,21)18-8-7-10-3-1-2-4-14(10)18/h1-6,9H,7-8H2,(H2,16,17,19). The Balaban J connectivity index is 1.84. The molecule has 2 heterocycles. The van der Waals surface area contributed by atoms with Gasteiger partial charge in [-0.25, -0.2) is 13.2 Å². The van der Waals surface area contributed by atoms with Gasteiger partial charge in [0, 0.05) is 6.54 Å². The lowest BCUT2D eigenvalue weighted by molar-refractivity contribution is 0.592. The Bertz CT molecular complexity index is 1030. The van der Waals surface area contributed by atoms with Crippen molar-refractivity contribution in [2.75, 3.05) is 10.8 Å². The summed E-state index contributed by atoms with van der Waals surface area (Å²) < 4.78 is 27.2. The van der Waals surface area contributed by atoms with Crippen LogP contribution < -0.4 is 9.99 Å². The molecular weight excluding hydrogens is 302 g/mol. The first-order valence-corrected chi connectivity index (χ1v) is 8.32. The number of nitrogens with one attached hydrogen (secondary N) is 2. The van der Waals surface area contributed by atoms with Gasteiger partial charge in [-0.05, 0) is 36.2 Å². The van der Waals surface area contributed by atoms with E-state index in [-0.39, 0.29) is 10.6 Å². The van der Waals surface area contributed by atoms with Gasteiger partial charge in [0.05, 0.1) is 21.6 Å². The number of imidazole rings is 1. The van der Waals surface area contributed by atoms with Crippen LogP contribution in [0.2, 0.25) is 0 Å². The lowest BCUT2D eigenvalue weighted by atomic mass is 10.2. The average Bonchev–Trinajstić information content (AvgIpc) is 3.08. The number of anilines is 1. The van der Waals surface area contributed by atoms with Gasteiger partial charge in [0.2, 0.25) is 0 Å². The summed E-state index contributed by atoms with van der Waals surface area (Å²) in [4.78, 5) is 16.7. The van der Waals surface area contributed by atoms with Crippen LogP contribution in [0.1, 0.15) is 5.56 Å². The van der Waals surface area contributed by atoms with Crippen molar-refractivity contribution in [2.45, 2.75) is 11.3 Å². The van der Waals surface area contributed by atoms with Gasteiger partial charge in [-0.3, -0.25) is 4.31 Å². The quantitative estimate of drug-likeness (QED) is 0.753. The fourth-order valence-electron chi connectivity index (χ4n) is 2.86. The highest BCUT2D eigenvalue weighted by atomic mass is 32.2. The maximum atomic E-state index is 12.9. The molecule has 0 saturated carbocycles. The molecule has 1 aliphatic heterocycles. The lowest BCUT2D eigenvalue weighted by Gasteiger charge is -2.19. The summed E-state index contributed by atoms with van der Waals surface area (Å²) in [6, 6.07) is 12.1. The summed E-state index contributed by atoms with van der Waals surface area (Å²) >= 11 is 0. The highest BCUT2D eigenvalue weighted by Gasteiger charge is 2.30. The van der Waals surface area contributed by atoms with Crippen molar-refractivity contribution in [1.82, 2.24) is 9.97 Å². The second-order valence-electron chi connectivity index (χ2n) is 5.24. The molecule has 0 aliphatic carbocycles. The first kappa shape index (κ1) is 13.1. The summed E-state index contributed by atoms with van der Waals surface area (Å²) in [5, 5.41) is 0. The van der Waals surface area contributed by atoms with Gasteiger partial charge in [0.15, 0.2) is 0 Å². The molecule has 0 fully saturated rings. The molecule has 4 rings (SSSR count). The maximum absolute atomic E-state index is 12.9. The number of rotatable bonds is 2. The number of nitrogens with zero attached hydrogens (tertiary/aromatic N) is 1. The van der Waals surface area contributed by atoms with Crippen molar-refractivity contribution in [3.8, 4) is 0 Å². The van der Waals surface area contributed by atoms with Crippen molar-refractivity contribution in [3.63, 3.8) is 0 Å². The van der Waals surface area contributed by atoms with Gasteiger partial charge in [-0.15, -0.1) is 0 Å². The van der Waals surface area contributed by atoms with Crippen molar-refractivity contribution in [2.24, 2.45) is 0 Å². The van der Waals surface area contributed by atoms with E-state index in [0.29, 0.717) is 24.0 Å². The highest BCUT2D eigenvalue weighted by molar-refractivity contribution is 7.92. The third-order valence-corrected chi connectivity index (χ3v) is 5.73. The molecule has 3 aromatic rings. The number of benzene rings is 2. The molecule has 0 bridgehead atoms. The van der Waals surface area contributed by atoms with Crippen LogP contribution in [-0.4, -0.2) is 24.9 Å². The largest absolute Gasteiger partial charge is 0.323 e. The molecule has 1 aromatic heterocycles. The number of aromatic amines is 2. The number of fused-ring (bicyclic) bond motifs is 2. The van der Waals surface area contributed by atoms with E-state index < -0.39 is 10.0 Å². The fraction of sp³-hybridized carbons (Fsp3) is 0.133. The van der Waals surface area contributed by atoms with Crippen molar-refractivity contribution in [1.29, 1.82) is 0 Å². The van der Waals surface area contributed by atoms with E-state index in [1.54, 1.807) is 6.07 Å². The van der Waals surface area contributed by atoms with E-state index in [0.717, 1.165) is 11.3 Å². The Kier molecular flexibility index (Phi) is 2.67. The van der Waals surface area contributed by atoms with Crippen molar-refractivity contribution >= 4 is 26.7 Å². The fourth-order valence-corrected chi connectivity index (χ4v) is 4.39. The predicted octanol–water partition coefficient (Wildman–Crippen LogP) is 1.61. The molecular formula is C15H13N3O3S. The van der Waals surface area contributed by atoms with Crippen molar-refractivity contribution in [3.05, 3.63) is 58.5 Å². The normalized spacial score (nSPS) is 14.5. The number of hydrogen-bond acceptors (Lipinski definition) is 3. The minimum absolute atomic E-state index is 0.173. The molecule has 0 atom stereocenters. The number of para-hydroxylation sites is 1. The first-order chi connectivity index (χ1) is 10.6. The van der Waals surface area contributed by atoms with E-state index in [2.05, 4.69) is 9.97 Å². The van der Waals surface area contributed by atoms with Gasteiger partial charge in [-0.2, -0.15) is 0 Å². The van der Waals surface area contributed by atoms with Gasteiger partial charge in [0.1, 0.15) is 0 Å². The third kappa shape index (κ3) is 1.86. The Hall–Kier alpha value is -2.54. The number of hydrogen-bond donors (Lipinski definition) is 2. The number of aromatic nitrogens is 2. The summed E-state index contributed by atoms with van der Waals surface area (Å²) in [5.74, 6) is 0. The summed E-state index contributed by atoms with van der Waals surface area (Å²) in [6.45, 7) is 0.434. The van der Waals surface area contributed by atoms with Crippen LogP contribution in [0.3, 0.4) is 0 Å². The zero-order valence-corrected chi connectivity index (χ0v) is 12.4. The monoisotopic (exact) mass is 315 g/mol. The summed E-state index contributed by atoms with van der Waals surface area (Å²) in [7, 11) is -3.64. The van der Waals surface area contributed by atoms with Crippen LogP contribution >= 0.6 is 0 Å². The number of sulfonamides is 1. The van der Waals surface area contributed by atoms with Crippen LogP contribution in [0.25, 0.3) is 11.0 Å². The Labute approximate surface area is 126 Å². The van der Waals surface area contributed by atoms with Gasteiger partial charge in [-0.1, -0.05) is 18.2 Å². The molecule has 6 nitrogen and oxygen atoms in total. The molecule has 0 radical (unpaired) electrons. The highest BCUT2D eigenvalue weighted by Crippen LogP contribution is 2.32. The van der Waals surface area contributed by atoms with Crippen LogP contribution in [0.15, 0.2) is 52.2 Å². The van der Waals surface area contributed by atoms with Crippen molar-refractivity contribution < 1.29 is 8.42 Å². The molecule has 2 N–H and O–H groups in total. The van der Waals surface area contributed by atoms with E-state index in [1.807, 2.05) is 24.3 Å². The van der Waals surface area contributed by atoms with Gasteiger partial charge < -0.3 is 9.97 Å². The Morgan fingerprint density at radius 2 is 1.77 bits per heavy atom. The first-order valence-electron chi connectivity index (χ1n) is 6.88. The van der Waals surface area contributed by atoms with Crippen LogP contribution in [0.5, 0.6) is 0 Å². The predicted molar refractivity (Wildman–Crippen MR) is 83.6 cm³/mol. The molecule has 22 heavy (non-hydrogen) atoms. The SMILES string of the molecule is O=c1[nH]c2ccc(S(=O)(=O)N3CCc4ccccc43)cc2[nH]1. The summed E-state index contributed by atoms with van der Waals surface area (Å²) in [5.41, 5.74) is 2.48. The molecule has 2 aromatic carbocycles. The second-order valence-corrected chi connectivity index (χ2v) is 7.10. The molecule has 1 aliphatic rings. The zero-order valence-electron chi connectivity index (χ0n) is 11.5. The summed E-state index contributed by atoms with van der Waals surface area (Å²) in [6.07, 6.45) is 0.707. The van der Waals surface area contributed by atoms with E-state index in [9.17, 15) is 13.2 Å². The van der Waals surface area contributed by atoms with Crippen LogP contribution in [-0.2, 0) is 16.4 Å². The van der Waals surface area contributed by atoms with Gasteiger partial charge >= 0.3 is 5.69 Å². The van der Waals surface area contributed by atoms with Crippen LogP contribution in [0, 0.1) is 0 Å². The smallest absolute Gasteiger partial charge is 0.306 e. The Morgan fingerprint density at radius 1 is 1.00 bits per heavy atom. The maximum Gasteiger partial charge on any atom is 0.323 e. The van der Waals surface area contributed by atoms with Gasteiger partial charge in [0.25, 0.3) is 10.0 Å². The Morgan fingerprint density at radius 3 is 2.64 bits per heavy atom. The zero-order chi connectivity index (χ0) is 15.3.